The molecular formula is C8H5BrClFN2O. The van der Waals surface area contributed by atoms with E-state index in [2.05, 4.69) is 26.1 Å². The second-order valence-electron chi connectivity index (χ2n) is 2.51. The summed E-state index contributed by atoms with van der Waals surface area (Å²) < 4.78 is 13.3. The first-order valence-electron chi connectivity index (χ1n) is 3.48. The molecule has 0 unspecified atom stereocenters. The van der Waals surface area contributed by atoms with E-state index in [1.165, 1.54) is 18.3 Å². The average Bonchev–Trinajstić information content (AvgIpc) is 2.09. The molecule has 0 aliphatic carbocycles. The fourth-order valence-corrected chi connectivity index (χ4v) is 1.37. The minimum Gasteiger partial charge on any atom is -0.506 e. The zero-order valence-corrected chi connectivity index (χ0v) is 9.14. The van der Waals surface area contributed by atoms with Crippen LogP contribution in [0.1, 0.15) is 0 Å². The van der Waals surface area contributed by atoms with Crippen molar-refractivity contribution in [2.45, 2.75) is 0 Å². The molecule has 1 N–H and O–H groups in total. The van der Waals surface area contributed by atoms with Crippen molar-refractivity contribution in [3.8, 4) is 5.75 Å². The van der Waals surface area contributed by atoms with E-state index in [0.29, 0.717) is 15.4 Å². The maximum atomic E-state index is 13.0. The van der Waals surface area contributed by atoms with E-state index in [4.69, 9.17) is 0 Å². The van der Waals surface area contributed by atoms with Gasteiger partial charge in [-0.25, -0.2) is 4.39 Å². The Labute approximate surface area is 93.5 Å². The highest BCUT2D eigenvalue weighted by Crippen LogP contribution is 2.26. The Kier molecular flexibility index (Phi) is 3.23. The van der Waals surface area contributed by atoms with Crippen LogP contribution in [0, 0.1) is 5.82 Å². The van der Waals surface area contributed by atoms with Crippen LogP contribution >= 0.6 is 28.3 Å². The molecule has 2 rings (SSSR count). The van der Waals surface area contributed by atoms with Crippen molar-refractivity contribution in [1.29, 1.82) is 0 Å². The second kappa shape index (κ2) is 4.06. The summed E-state index contributed by atoms with van der Waals surface area (Å²) in [6, 6.07) is 2.68. The van der Waals surface area contributed by atoms with Crippen LogP contribution in [0.2, 0.25) is 0 Å². The third-order valence-corrected chi connectivity index (χ3v) is 2.27. The molecule has 0 radical (unpaired) electrons. The smallest absolute Gasteiger partial charge is 0.145 e. The predicted octanol–water partition coefficient (Wildman–Crippen LogP) is 2.66. The van der Waals surface area contributed by atoms with Gasteiger partial charge in [-0.05, 0) is 28.1 Å². The summed E-state index contributed by atoms with van der Waals surface area (Å²) in [5.41, 5.74) is 0.452. The standard InChI is InChI=1S/C8H4BrFN2O.ClH/c9-5-2-7-4(1-6(5)10)8(13)3-11-12-7;/h1-3H,(H,12,13);1H. The second-order valence-corrected chi connectivity index (χ2v) is 3.37. The molecule has 0 fully saturated rings. The zero-order chi connectivity index (χ0) is 9.42. The van der Waals surface area contributed by atoms with Gasteiger partial charge in [0.15, 0.2) is 0 Å². The molecule has 0 atom stereocenters. The zero-order valence-electron chi connectivity index (χ0n) is 6.74. The molecule has 0 spiro atoms. The minimum atomic E-state index is -0.434. The molecule has 2 aromatic rings. The number of fused-ring (bicyclic) bond motifs is 1. The van der Waals surface area contributed by atoms with Crippen molar-refractivity contribution >= 4 is 39.2 Å². The number of aromatic nitrogens is 2. The van der Waals surface area contributed by atoms with Gasteiger partial charge in [0, 0.05) is 5.39 Å². The normalized spacial score (nSPS) is 9.86. The van der Waals surface area contributed by atoms with Crippen LogP contribution in [0.3, 0.4) is 0 Å². The van der Waals surface area contributed by atoms with Crippen molar-refractivity contribution < 1.29 is 9.50 Å². The summed E-state index contributed by atoms with van der Waals surface area (Å²) in [4.78, 5) is 0. The Balaban J connectivity index is 0.000000980. The summed E-state index contributed by atoms with van der Waals surface area (Å²) in [5.74, 6) is -0.507. The van der Waals surface area contributed by atoms with E-state index in [1.807, 2.05) is 0 Å². The average molecular weight is 279 g/mol. The lowest BCUT2D eigenvalue weighted by Gasteiger charge is -1.99. The molecule has 1 aromatic carbocycles. The van der Waals surface area contributed by atoms with Crippen molar-refractivity contribution in [3.63, 3.8) is 0 Å². The fraction of sp³-hybridized carbons (Fsp3) is 0. The van der Waals surface area contributed by atoms with E-state index in [1.54, 1.807) is 0 Å². The lowest BCUT2D eigenvalue weighted by molar-refractivity contribution is 0.477. The maximum Gasteiger partial charge on any atom is 0.145 e. The van der Waals surface area contributed by atoms with Crippen LogP contribution in [0.5, 0.6) is 5.75 Å². The third-order valence-electron chi connectivity index (χ3n) is 1.66. The van der Waals surface area contributed by atoms with Crippen molar-refractivity contribution in [1.82, 2.24) is 10.2 Å². The van der Waals surface area contributed by atoms with Crippen molar-refractivity contribution in [2.24, 2.45) is 0 Å². The fourth-order valence-electron chi connectivity index (χ4n) is 1.04. The molecule has 0 aliphatic rings. The first-order valence-corrected chi connectivity index (χ1v) is 4.27. The van der Waals surface area contributed by atoms with Gasteiger partial charge in [0.2, 0.25) is 0 Å². The summed E-state index contributed by atoms with van der Waals surface area (Å²) in [6.07, 6.45) is 1.18. The first-order chi connectivity index (χ1) is 6.18. The van der Waals surface area contributed by atoms with E-state index in [9.17, 15) is 9.50 Å². The number of hydrogen-bond donors (Lipinski definition) is 1. The van der Waals surface area contributed by atoms with Gasteiger partial charge in [0.1, 0.15) is 11.6 Å². The Bertz CT molecular complexity index is 480. The molecule has 1 aromatic heterocycles. The molecular weight excluding hydrogens is 274 g/mol. The Morgan fingerprint density at radius 2 is 2.07 bits per heavy atom. The van der Waals surface area contributed by atoms with Crippen LogP contribution in [0.15, 0.2) is 22.8 Å². The molecule has 0 saturated heterocycles. The van der Waals surface area contributed by atoms with Gasteiger partial charge >= 0.3 is 0 Å². The van der Waals surface area contributed by atoms with Crippen molar-refractivity contribution in [3.05, 3.63) is 28.6 Å². The number of nitrogens with zero attached hydrogens (tertiary/aromatic N) is 2. The lowest BCUT2D eigenvalue weighted by atomic mass is 10.2. The Morgan fingerprint density at radius 3 is 2.79 bits per heavy atom. The maximum absolute atomic E-state index is 13.0. The number of hydrogen-bond acceptors (Lipinski definition) is 3. The van der Waals surface area contributed by atoms with Crippen LogP contribution in [-0.4, -0.2) is 15.3 Å². The Hall–Kier alpha value is -0.940. The summed E-state index contributed by atoms with van der Waals surface area (Å²) >= 11 is 3.02. The SMILES string of the molecule is Cl.Oc1cnnc2cc(Br)c(F)cc12. The van der Waals surface area contributed by atoms with E-state index < -0.39 is 5.82 Å². The van der Waals surface area contributed by atoms with Gasteiger partial charge in [-0.3, -0.25) is 0 Å². The van der Waals surface area contributed by atoms with Crippen LogP contribution in [-0.2, 0) is 0 Å². The summed E-state index contributed by atoms with van der Waals surface area (Å²) in [7, 11) is 0. The molecule has 0 bridgehead atoms. The molecule has 0 amide bonds. The molecule has 1 heterocycles. The Morgan fingerprint density at radius 1 is 1.36 bits per heavy atom. The number of aromatic hydroxyl groups is 1. The van der Waals surface area contributed by atoms with Gasteiger partial charge in [0.25, 0.3) is 0 Å². The molecule has 0 saturated carbocycles. The van der Waals surface area contributed by atoms with Gasteiger partial charge in [-0.15, -0.1) is 12.4 Å². The molecule has 14 heavy (non-hydrogen) atoms. The summed E-state index contributed by atoms with van der Waals surface area (Å²) in [6.45, 7) is 0. The number of benzene rings is 1. The van der Waals surface area contributed by atoms with Crippen LogP contribution in [0.4, 0.5) is 4.39 Å². The number of rotatable bonds is 0. The minimum absolute atomic E-state index is 0. The van der Waals surface area contributed by atoms with Gasteiger partial charge < -0.3 is 5.11 Å². The quantitative estimate of drug-likeness (QED) is 0.806. The molecule has 3 nitrogen and oxygen atoms in total. The predicted molar refractivity (Wildman–Crippen MR) is 56.1 cm³/mol. The highest BCUT2D eigenvalue weighted by atomic mass is 79.9. The van der Waals surface area contributed by atoms with Crippen molar-refractivity contribution in [2.75, 3.05) is 0 Å². The monoisotopic (exact) mass is 278 g/mol. The third kappa shape index (κ3) is 1.78. The van der Waals surface area contributed by atoms with Gasteiger partial charge in [-0.2, -0.15) is 10.2 Å². The van der Waals surface area contributed by atoms with Crippen LogP contribution < -0.4 is 0 Å². The molecule has 6 heteroatoms. The first kappa shape index (κ1) is 11.1. The van der Waals surface area contributed by atoms with Crippen LogP contribution in [0.25, 0.3) is 10.9 Å². The number of halogens is 3. The summed E-state index contributed by atoms with van der Waals surface area (Å²) in [5, 5.41) is 16.9. The van der Waals surface area contributed by atoms with Gasteiger partial charge in [0.05, 0.1) is 16.2 Å². The van der Waals surface area contributed by atoms with E-state index in [-0.39, 0.29) is 18.2 Å². The highest BCUT2D eigenvalue weighted by molar-refractivity contribution is 9.10. The lowest BCUT2D eigenvalue weighted by Crippen LogP contribution is -1.86. The van der Waals surface area contributed by atoms with Gasteiger partial charge in [-0.1, -0.05) is 0 Å². The van der Waals surface area contributed by atoms with E-state index >= 15 is 0 Å². The van der Waals surface area contributed by atoms with E-state index in [0.717, 1.165) is 0 Å². The molecule has 0 aliphatic heterocycles. The largest absolute Gasteiger partial charge is 0.506 e. The topological polar surface area (TPSA) is 46.0 Å². The molecule has 74 valence electrons. The highest BCUT2D eigenvalue weighted by Gasteiger charge is 2.06.